The lowest BCUT2D eigenvalue weighted by Crippen LogP contribution is -2.39. The Morgan fingerprint density at radius 2 is 2.35 bits per heavy atom. The average Bonchev–Trinajstić information content (AvgIpc) is 3.01. The fourth-order valence-electron chi connectivity index (χ4n) is 3.14. The van der Waals surface area contributed by atoms with Gasteiger partial charge in [0, 0.05) is 55.2 Å². The van der Waals surface area contributed by atoms with E-state index in [2.05, 4.69) is 36.6 Å². The zero-order valence-electron chi connectivity index (χ0n) is 13.2. The SMILES string of the molecule is C1=NC2=C(CN1CCNCc1cc3cnccc3[nH]1)NCCC2. The predicted molar refractivity (Wildman–Crippen MR) is 92.1 cm³/mol. The zero-order chi connectivity index (χ0) is 15.5. The van der Waals surface area contributed by atoms with Crippen molar-refractivity contribution in [1.82, 2.24) is 25.5 Å². The van der Waals surface area contributed by atoms with E-state index in [1.54, 1.807) is 0 Å². The molecule has 2 aliphatic heterocycles. The molecule has 0 fully saturated rings. The summed E-state index contributed by atoms with van der Waals surface area (Å²) >= 11 is 0. The van der Waals surface area contributed by atoms with Crippen LogP contribution in [0.3, 0.4) is 0 Å². The van der Waals surface area contributed by atoms with E-state index < -0.39 is 0 Å². The van der Waals surface area contributed by atoms with Crippen molar-refractivity contribution in [3.8, 4) is 0 Å². The number of hydrogen-bond donors (Lipinski definition) is 3. The third-order valence-corrected chi connectivity index (χ3v) is 4.38. The highest BCUT2D eigenvalue weighted by molar-refractivity contribution is 5.79. The summed E-state index contributed by atoms with van der Waals surface area (Å²) in [7, 11) is 0. The summed E-state index contributed by atoms with van der Waals surface area (Å²) < 4.78 is 0. The minimum absolute atomic E-state index is 0.839. The van der Waals surface area contributed by atoms with Gasteiger partial charge in [-0.2, -0.15) is 0 Å². The lowest BCUT2D eigenvalue weighted by molar-refractivity contribution is 0.420. The van der Waals surface area contributed by atoms with Crippen molar-refractivity contribution in [2.45, 2.75) is 19.4 Å². The summed E-state index contributed by atoms with van der Waals surface area (Å²) in [6, 6.07) is 4.16. The Bertz CT molecular complexity index is 711. The normalized spacial score (nSPS) is 17.5. The van der Waals surface area contributed by atoms with Gasteiger partial charge < -0.3 is 20.5 Å². The van der Waals surface area contributed by atoms with Gasteiger partial charge in [-0.05, 0) is 25.0 Å². The molecular formula is C17H22N6. The maximum Gasteiger partial charge on any atom is 0.0913 e. The first-order chi connectivity index (χ1) is 11.4. The number of hydrogen-bond acceptors (Lipinski definition) is 5. The van der Waals surface area contributed by atoms with Gasteiger partial charge in [0.15, 0.2) is 0 Å². The molecule has 120 valence electrons. The number of H-pyrrole nitrogens is 1. The Balaban J connectivity index is 1.25. The van der Waals surface area contributed by atoms with Crippen LogP contribution in [0.5, 0.6) is 0 Å². The zero-order valence-corrected chi connectivity index (χ0v) is 13.2. The fraction of sp³-hybridized carbons (Fsp3) is 0.412. The van der Waals surface area contributed by atoms with Crippen LogP contribution >= 0.6 is 0 Å². The molecule has 2 aliphatic rings. The molecule has 0 atom stereocenters. The van der Waals surface area contributed by atoms with Crippen molar-refractivity contribution in [3.05, 3.63) is 41.6 Å². The Labute approximate surface area is 135 Å². The maximum absolute atomic E-state index is 4.58. The molecule has 0 unspecified atom stereocenters. The summed E-state index contributed by atoms with van der Waals surface area (Å²) in [6.45, 7) is 4.77. The van der Waals surface area contributed by atoms with Crippen molar-refractivity contribution in [2.75, 3.05) is 26.2 Å². The smallest absolute Gasteiger partial charge is 0.0913 e. The molecular weight excluding hydrogens is 288 g/mol. The standard InChI is InChI=1S/C17H22N6/c1-2-16-17(20-4-1)11-23(12-21-16)7-6-19-10-14-8-13-9-18-5-3-15(13)22-14/h3,5,8-9,12,19-20,22H,1-2,4,6-7,10-11H2. The number of allylic oxidation sites excluding steroid dienone is 1. The van der Waals surface area contributed by atoms with Crippen LogP contribution in [-0.2, 0) is 6.54 Å². The number of aliphatic imine (C=N–C) groups is 1. The molecule has 0 bridgehead atoms. The number of aromatic amines is 1. The van der Waals surface area contributed by atoms with E-state index in [4.69, 9.17) is 0 Å². The largest absolute Gasteiger partial charge is 0.385 e. The van der Waals surface area contributed by atoms with Crippen LogP contribution in [0.2, 0.25) is 0 Å². The minimum atomic E-state index is 0.839. The number of pyridine rings is 1. The van der Waals surface area contributed by atoms with Gasteiger partial charge in [0.25, 0.3) is 0 Å². The summed E-state index contributed by atoms with van der Waals surface area (Å²) in [6.07, 6.45) is 8.00. The molecule has 0 aliphatic carbocycles. The predicted octanol–water partition coefficient (Wildman–Crippen LogP) is 1.59. The van der Waals surface area contributed by atoms with Crippen LogP contribution in [0.1, 0.15) is 18.5 Å². The summed E-state index contributed by atoms with van der Waals surface area (Å²) in [4.78, 5) is 14.4. The molecule has 0 radical (unpaired) electrons. The third kappa shape index (κ3) is 3.22. The second-order valence-electron chi connectivity index (χ2n) is 6.10. The van der Waals surface area contributed by atoms with E-state index in [1.165, 1.54) is 23.5 Å². The van der Waals surface area contributed by atoms with Gasteiger partial charge in [-0.15, -0.1) is 0 Å². The highest BCUT2D eigenvalue weighted by Crippen LogP contribution is 2.19. The molecule has 0 amide bonds. The maximum atomic E-state index is 4.58. The van der Waals surface area contributed by atoms with Gasteiger partial charge in [-0.25, -0.2) is 4.99 Å². The lowest BCUT2D eigenvalue weighted by Gasteiger charge is -2.29. The monoisotopic (exact) mass is 310 g/mol. The molecule has 4 heterocycles. The fourth-order valence-corrected chi connectivity index (χ4v) is 3.14. The lowest BCUT2D eigenvalue weighted by atomic mass is 10.1. The highest BCUT2D eigenvalue weighted by Gasteiger charge is 2.17. The van der Waals surface area contributed by atoms with Crippen LogP contribution in [0.4, 0.5) is 0 Å². The highest BCUT2D eigenvalue weighted by atomic mass is 15.2. The molecule has 2 aromatic rings. The molecule has 0 aromatic carbocycles. The minimum Gasteiger partial charge on any atom is -0.385 e. The first kappa shape index (κ1) is 14.3. The molecule has 3 N–H and O–H groups in total. The van der Waals surface area contributed by atoms with Gasteiger partial charge in [0.05, 0.1) is 24.3 Å². The van der Waals surface area contributed by atoms with Crippen molar-refractivity contribution in [2.24, 2.45) is 4.99 Å². The Hall–Kier alpha value is -2.34. The molecule has 2 aromatic heterocycles. The van der Waals surface area contributed by atoms with E-state index in [-0.39, 0.29) is 0 Å². The van der Waals surface area contributed by atoms with Gasteiger partial charge in [0.2, 0.25) is 0 Å². The molecule has 0 saturated heterocycles. The van der Waals surface area contributed by atoms with Crippen molar-refractivity contribution >= 4 is 17.2 Å². The summed E-state index contributed by atoms with van der Waals surface area (Å²) in [5.74, 6) is 0. The van der Waals surface area contributed by atoms with E-state index in [9.17, 15) is 0 Å². The van der Waals surface area contributed by atoms with Gasteiger partial charge in [-0.1, -0.05) is 0 Å². The number of rotatable bonds is 5. The third-order valence-electron chi connectivity index (χ3n) is 4.38. The van der Waals surface area contributed by atoms with Gasteiger partial charge in [0.1, 0.15) is 0 Å². The summed E-state index contributed by atoms with van der Waals surface area (Å²) in [5, 5.41) is 8.13. The molecule has 23 heavy (non-hydrogen) atoms. The molecule has 0 spiro atoms. The van der Waals surface area contributed by atoms with Crippen LogP contribution in [0, 0.1) is 0 Å². The van der Waals surface area contributed by atoms with Crippen LogP contribution in [0.25, 0.3) is 10.9 Å². The second-order valence-corrected chi connectivity index (χ2v) is 6.10. The summed E-state index contributed by atoms with van der Waals surface area (Å²) in [5.41, 5.74) is 4.89. The Kier molecular flexibility index (Phi) is 3.98. The molecule has 6 heteroatoms. The number of nitrogens with one attached hydrogen (secondary N) is 3. The van der Waals surface area contributed by atoms with Crippen LogP contribution in [0.15, 0.2) is 40.9 Å². The van der Waals surface area contributed by atoms with E-state index in [1.807, 2.05) is 24.8 Å². The van der Waals surface area contributed by atoms with Crippen LogP contribution < -0.4 is 10.6 Å². The van der Waals surface area contributed by atoms with Crippen molar-refractivity contribution < 1.29 is 0 Å². The molecule has 6 nitrogen and oxygen atoms in total. The van der Waals surface area contributed by atoms with Gasteiger partial charge >= 0.3 is 0 Å². The number of nitrogens with zero attached hydrogens (tertiary/aromatic N) is 3. The number of fused-ring (bicyclic) bond motifs is 1. The molecule has 0 saturated carbocycles. The van der Waals surface area contributed by atoms with Crippen molar-refractivity contribution in [1.29, 1.82) is 0 Å². The number of aromatic nitrogens is 2. The quantitative estimate of drug-likeness (QED) is 0.734. The van der Waals surface area contributed by atoms with E-state index >= 15 is 0 Å². The second kappa shape index (κ2) is 6.42. The van der Waals surface area contributed by atoms with Crippen molar-refractivity contribution in [3.63, 3.8) is 0 Å². The average molecular weight is 310 g/mol. The van der Waals surface area contributed by atoms with Gasteiger partial charge in [-0.3, -0.25) is 4.98 Å². The van der Waals surface area contributed by atoms with E-state index in [0.717, 1.165) is 50.0 Å². The van der Waals surface area contributed by atoms with Crippen LogP contribution in [-0.4, -0.2) is 47.4 Å². The Morgan fingerprint density at radius 1 is 1.35 bits per heavy atom. The van der Waals surface area contributed by atoms with E-state index in [0.29, 0.717) is 0 Å². The first-order valence-electron chi connectivity index (χ1n) is 8.25. The topological polar surface area (TPSA) is 68.3 Å². The first-order valence-corrected chi connectivity index (χ1v) is 8.25. The Morgan fingerprint density at radius 3 is 3.30 bits per heavy atom. The molecule has 4 rings (SSSR count).